The minimum Gasteiger partial charge on any atom is -0.388 e. The van der Waals surface area contributed by atoms with Gasteiger partial charge in [-0.05, 0) is 19.3 Å². The highest BCUT2D eigenvalue weighted by atomic mass is 16.3. The first-order valence-electron chi connectivity index (χ1n) is 5.08. The van der Waals surface area contributed by atoms with Crippen LogP contribution >= 0.6 is 0 Å². The van der Waals surface area contributed by atoms with E-state index < -0.39 is 5.60 Å². The summed E-state index contributed by atoms with van der Waals surface area (Å²) >= 11 is 0. The maximum atomic E-state index is 11.2. The van der Waals surface area contributed by atoms with E-state index in [1.807, 2.05) is 0 Å². The Morgan fingerprint density at radius 1 is 1.71 bits per heavy atom. The molecule has 1 heterocycles. The highest BCUT2D eigenvalue weighted by molar-refractivity contribution is 5.87. The average Bonchev–Trinajstić information content (AvgIpc) is 2.00. The van der Waals surface area contributed by atoms with Crippen molar-refractivity contribution in [3.8, 4) is 0 Å². The third kappa shape index (κ3) is 2.69. The molecule has 0 radical (unpaired) electrons. The summed E-state index contributed by atoms with van der Waals surface area (Å²) in [5.41, 5.74) is 4.67. The standard InChI is InChI=1S/C10H20N2O2/c1-7(2)4-10(3,14)6-12-5-8(11)9(12)13/h7-8,14H,4-6,11H2,1-3H3. The number of β-amino-alcohol motifs (C(OH)–C–C–N with tert-alkyl or cyclic N) is 1. The van der Waals surface area contributed by atoms with E-state index in [0.717, 1.165) is 0 Å². The summed E-state index contributed by atoms with van der Waals surface area (Å²) in [6.07, 6.45) is 0.700. The zero-order valence-electron chi connectivity index (χ0n) is 9.16. The lowest BCUT2D eigenvalue weighted by Crippen LogP contribution is -2.63. The molecule has 3 N–H and O–H groups in total. The van der Waals surface area contributed by atoms with E-state index in [2.05, 4.69) is 13.8 Å². The van der Waals surface area contributed by atoms with E-state index in [1.54, 1.807) is 11.8 Å². The molecule has 0 saturated carbocycles. The Morgan fingerprint density at radius 3 is 2.64 bits per heavy atom. The normalized spacial score (nSPS) is 26.3. The number of amides is 1. The Bertz CT molecular complexity index is 226. The molecule has 1 fully saturated rings. The summed E-state index contributed by atoms with van der Waals surface area (Å²) in [6, 6.07) is -0.343. The molecule has 0 aliphatic carbocycles. The number of aliphatic hydroxyl groups is 1. The molecule has 2 unspecified atom stereocenters. The van der Waals surface area contributed by atoms with Crippen molar-refractivity contribution in [3.05, 3.63) is 0 Å². The minimum absolute atomic E-state index is 0.0472. The Balaban J connectivity index is 2.40. The SMILES string of the molecule is CC(C)CC(C)(O)CN1CC(N)C1=O. The molecule has 82 valence electrons. The van der Waals surface area contributed by atoms with Gasteiger partial charge < -0.3 is 15.7 Å². The van der Waals surface area contributed by atoms with Gasteiger partial charge in [-0.2, -0.15) is 0 Å². The fourth-order valence-electron chi connectivity index (χ4n) is 2.03. The number of nitrogens with two attached hydrogens (primary N) is 1. The van der Waals surface area contributed by atoms with E-state index in [9.17, 15) is 9.90 Å². The van der Waals surface area contributed by atoms with Crippen LogP contribution in [0.15, 0.2) is 0 Å². The van der Waals surface area contributed by atoms with Gasteiger partial charge in [0.05, 0.1) is 5.60 Å². The lowest BCUT2D eigenvalue weighted by molar-refractivity contribution is -0.147. The molecule has 0 aromatic rings. The first-order valence-corrected chi connectivity index (χ1v) is 5.08. The van der Waals surface area contributed by atoms with Crippen LogP contribution in [0.1, 0.15) is 27.2 Å². The Labute approximate surface area is 85.1 Å². The number of rotatable bonds is 4. The van der Waals surface area contributed by atoms with Crippen LogP contribution in [0.4, 0.5) is 0 Å². The van der Waals surface area contributed by atoms with Crippen LogP contribution < -0.4 is 5.73 Å². The summed E-state index contributed by atoms with van der Waals surface area (Å²) in [5, 5.41) is 9.99. The molecule has 1 amide bonds. The number of carbonyl (C=O) groups is 1. The molecule has 1 aliphatic rings. The highest BCUT2D eigenvalue weighted by Crippen LogP contribution is 2.20. The molecule has 0 bridgehead atoms. The van der Waals surface area contributed by atoms with Gasteiger partial charge in [0.15, 0.2) is 0 Å². The zero-order valence-corrected chi connectivity index (χ0v) is 9.16. The predicted molar refractivity (Wildman–Crippen MR) is 54.6 cm³/mol. The quantitative estimate of drug-likeness (QED) is 0.625. The van der Waals surface area contributed by atoms with E-state index in [4.69, 9.17) is 5.73 Å². The summed E-state index contributed by atoms with van der Waals surface area (Å²) in [5.74, 6) is 0.379. The maximum Gasteiger partial charge on any atom is 0.241 e. The maximum absolute atomic E-state index is 11.2. The predicted octanol–water partition coefficient (Wildman–Crippen LogP) is -0.0470. The number of β-lactam (4-membered cyclic amide) rings is 1. The molecule has 1 saturated heterocycles. The smallest absolute Gasteiger partial charge is 0.241 e. The van der Waals surface area contributed by atoms with Gasteiger partial charge in [-0.15, -0.1) is 0 Å². The van der Waals surface area contributed by atoms with Crippen LogP contribution in [0.5, 0.6) is 0 Å². The number of carbonyl (C=O) groups excluding carboxylic acids is 1. The molecular weight excluding hydrogens is 180 g/mol. The third-order valence-electron chi connectivity index (χ3n) is 2.43. The topological polar surface area (TPSA) is 66.6 Å². The third-order valence-corrected chi connectivity index (χ3v) is 2.43. The first kappa shape index (κ1) is 11.5. The van der Waals surface area contributed by atoms with Gasteiger partial charge in [0.1, 0.15) is 6.04 Å². The van der Waals surface area contributed by atoms with E-state index in [-0.39, 0.29) is 11.9 Å². The van der Waals surface area contributed by atoms with Crippen molar-refractivity contribution in [3.63, 3.8) is 0 Å². The van der Waals surface area contributed by atoms with Crippen LogP contribution in [0.25, 0.3) is 0 Å². The van der Waals surface area contributed by atoms with Gasteiger partial charge in [0.2, 0.25) is 5.91 Å². The molecule has 0 aromatic carbocycles. The lowest BCUT2D eigenvalue weighted by Gasteiger charge is -2.41. The molecule has 1 aliphatic heterocycles. The van der Waals surface area contributed by atoms with Gasteiger partial charge in [0.25, 0.3) is 0 Å². The molecule has 4 nitrogen and oxygen atoms in total. The monoisotopic (exact) mass is 200 g/mol. The van der Waals surface area contributed by atoms with Crippen molar-refractivity contribution < 1.29 is 9.90 Å². The van der Waals surface area contributed by atoms with Crippen molar-refractivity contribution in [2.75, 3.05) is 13.1 Å². The van der Waals surface area contributed by atoms with Crippen LogP contribution in [-0.2, 0) is 4.79 Å². The number of hydrogen-bond acceptors (Lipinski definition) is 3. The molecule has 14 heavy (non-hydrogen) atoms. The molecule has 0 aromatic heterocycles. The summed E-state index contributed by atoms with van der Waals surface area (Å²) < 4.78 is 0. The van der Waals surface area contributed by atoms with Crippen LogP contribution in [-0.4, -0.2) is 40.6 Å². The minimum atomic E-state index is -0.788. The van der Waals surface area contributed by atoms with Crippen molar-refractivity contribution >= 4 is 5.91 Å². The first-order chi connectivity index (χ1) is 6.32. The van der Waals surface area contributed by atoms with Crippen molar-refractivity contribution in [1.29, 1.82) is 0 Å². The van der Waals surface area contributed by atoms with E-state index >= 15 is 0 Å². The second-order valence-corrected chi connectivity index (χ2v) is 4.92. The van der Waals surface area contributed by atoms with Gasteiger partial charge in [0, 0.05) is 13.1 Å². The number of likely N-dealkylation sites (tertiary alicyclic amines) is 1. The molecule has 2 atom stereocenters. The van der Waals surface area contributed by atoms with Gasteiger partial charge in [-0.3, -0.25) is 4.79 Å². The van der Waals surface area contributed by atoms with Crippen LogP contribution in [0, 0.1) is 5.92 Å². The average molecular weight is 200 g/mol. The van der Waals surface area contributed by atoms with Crippen molar-refractivity contribution in [2.45, 2.75) is 38.8 Å². The van der Waals surface area contributed by atoms with Crippen molar-refractivity contribution in [2.24, 2.45) is 11.7 Å². The van der Waals surface area contributed by atoms with Crippen LogP contribution in [0.3, 0.4) is 0 Å². The largest absolute Gasteiger partial charge is 0.388 e. The second-order valence-electron chi connectivity index (χ2n) is 4.92. The fraction of sp³-hybridized carbons (Fsp3) is 0.900. The van der Waals surface area contributed by atoms with Gasteiger partial charge >= 0.3 is 0 Å². The lowest BCUT2D eigenvalue weighted by atomic mass is 9.92. The molecule has 1 rings (SSSR count). The van der Waals surface area contributed by atoms with Gasteiger partial charge in [-0.25, -0.2) is 0 Å². The molecular formula is C10H20N2O2. The fourth-order valence-corrected chi connectivity index (χ4v) is 2.03. The Hall–Kier alpha value is -0.610. The Kier molecular flexibility index (Phi) is 3.17. The molecule has 0 spiro atoms. The summed E-state index contributed by atoms with van der Waals surface area (Å²) in [6.45, 7) is 6.85. The summed E-state index contributed by atoms with van der Waals surface area (Å²) in [4.78, 5) is 12.8. The number of hydrogen-bond donors (Lipinski definition) is 2. The van der Waals surface area contributed by atoms with Crippen LogP contribution in [0.2, 0.25) is 0 Å². The Morgan fingerprint density at radius 2 is 2.29 bits per heavy atom. The second kappa shape index (κ2) is 3.87. The number of nitrogens with zero attached hydrogens (tertiary/aromatic N) is 1. The van der Waals surface area contributed by atoms with Crippen molar-refractivity contribution in [1.82, 2.24) is 4.90 Å². The highest BCUT2D eigenvalue weighted by Gasteiger charge is 2.37. The summed E-state index contributed by atoms with van der Waals surface area (Å²) in [7, 11) is 0. The van der Waals surface area contributed by atoms with E-state index in [1.165, 1.54) is 0 Å². The van der Waals surface area contributed by atoms with E-state index in [0.29, 0.717) is 25.4 Å². The molecule has 4 heteroatoms. The van der Waals surface area contributed by atoms with Gasteiger partial charge in [-0.1, -0.05) is 13.8 Å². The zero-order chi connectivity index (χ0) is 10.9.